The second-order valence-corrected chi connectivity index (χ2v) is 3.97. The molecule has 0 aliphatic carbocycles. The monoisotopic (exact) mass is 274 g/mol. The number of hydrogen-bond donors (Lipinski definition) is 0. The van der Waals surface area contributed by atoms with Gasteiger partial charge in [0.2, 0.25) is 5.88 Å². The summed E-state index contributed by atoms with van der Waals surface area (Å²) in [5, 5.41) is 8.72. The van der Waals surface area contributed by atoms with Crippen molar-refractivity contribution in [1.82, 2.24) is 4.98 Å². The number of nitriles is 1. The summed E-state index contributed by atoms with van der Waals surface area (Å²) in [4.78, 5) is 4.02. The molecule has 0 atom stereocenters. The highest BCUT2D eigenvalue weighted by molar-refractivity contribution is 9.10. The minimum Gasteiger partial charge on any atom is -0.439 e. The summed E-state index contributed by atoms with van der Waals surface area (Å²) in [6, 6.07) is 12.7. The Balaban J connectivity index is 2.21. The summed E-state index contributed by atoms with van der Waals surface area (Å²) >= 11 is 3.34. The Morgan fingerprint density at radius 1 is 1.19 bits per heavy atom. The van der Waals surface area contributed by atoms with Crippen LogP contribution in [0, 0.1) is 11.3 Å². The van der Waals surface area contributed by atoms with Gasteiger partial charge in [-0.2, -0.15) is 5.26 Å². The zero-order valence-corrected chi connectivity index (χ0v) is 9.81. The highest BCUT2D eigenvalue weighted by Gasteiger charge is 1.99. The van der Waals surface area contributed by atoms with E-state index in [-0.39, 0.29) is 0 Å². The minimum absolute atomic E-state index is 0.418. The van der Waals surface area contributed by atoms with E-state index in [2.05, 4.69) is 20.9 Å². The smallest absolute Gasteiger partial charge is 0.220 e. The summed E-state index contributed by atoms with van der Waals surface area (Å²) in [6.07, 6.45) is 1.55. The molecule has 0 fully saturated rings. The zero-order chi connectivity index (χ0) is 11.4. The molecule has 0 amide bonds. The van der Waals surface area contributed by atoms with Gasteiger partial charge in [-0.15, -0.1) is 0 Å². The Hall–Kier alpha value is -1.86. The third-order valence-corrected chi connectivity index (χ3v) is 2.43. The fourth-order valence-electron chi connectivity index (χ4n) is 1.16. The zero-order valence-electron chi connectivity index (χ0n) is 8.22. The van der Waals surface area contributed by atoms with Gasteiger partial charge in [0.15, 0.2) is 0 Å². The maximum Gasteiger partial charge on any atom is 0.220 e. The van der Waals surface area contributed by atoms with E-state index in [0.29, 0.717) is 17.2 Å². The molecule has 2 aromatic rings. The molecule has 0 spiro atoms. The van der Waals surface area contributed by atoms with Crippen molar-refractivity contribution in [3.8, 4) is 17.7 Å². The molecule has 0 saturated heterocycles. The fraction of sp³-hybridized carbons (Fsp3) is 0. The molecule has 3 nitrogen and oxygen atoms in total. The van der Waals surface area contributed by atoms with Crippen LogP contribution in [0.15, 0.2) is 47.1 Å². The quantitative estimate of drug-likeness (QED) is 0.842. The first-order chi connectivity index (χ1) is 7.78. The number of pyridine rings is 1. The summed E-state index contributed by atoms with van der Waals surface area (Å²) in [7, 11) is 0. The molecule has 1 heterocycles. The van der Waals surface area contributed by atoms with Crippen LogP contribution in [-0.4, -0.2) is 4.98 Å². The lowest BCUT2D eigenvalue weighted by atomic mass is 10.3. The van der Waals surface area contributed by atoms with Gasteiger partial charge in [-0.05, 0) is 30.3 Å². The van der Waals surface area contributed by atoms with E-state index in [1.165, 1.54) is 0 Å². The normalized spacial score (nSPS) is 9.50. The average molecular weight is 275 g/mol. The molecule has 78 valence electrons. The largest absolute Gasteiger partial charge is 0.439 e. The van der Waals surface area contributed by atoms with E-state index >= 15 is 0 Å². The summed E-state index contributed by atoms with van der Waals surface area (Å²) < 4.78 is 6.48. The van der Waals surface area contributed by atoms with Crippen LogP contribution >= 0.6 is 15.9 Å². The number of nitrogens with zero attached hydrogens (tertiary/aromatic N) is 2. The van der Waals surface area contributed by atoms with Crippen LogP contribution in [0.1, 0.15) is 5.56 Å². The van der Waals surface area contributed by atoms with E-state index in [0.717, 1.165) is 4.47 Å². The average Bonchev–Trinajstić information content (AvgIpc) is 2.32. The third kappa shape index (κ3) is 2.59. The number of aromatic nitrogens is 1. The molecule has 1 aromatic heterocycles. The molecule has 0 unspecified atom stereocenters. The van der Waals surface area contributed by atoms with Crippen molar-refractivity contribution >= 4 is 15.9 Å². The number of benzene rings is 1. The summed E-state index contributed by atoms with van der Waals surface area (Å²) in [6.45, 7) is 0. The third-order valence-electron chi connectivity index (χ3n) is 1.90. The lowest BCUT2D eigenvalue weighted by Crippen LogP contribution is -1.88. The maximum atomic E-state index is 8.72. The summed E-state index contributed by atoms with van der Waals surface area (Å²) in [5.74, 6) is 1.10. The second-order valence-electron chi connectivity index (χ2n) is 3.05. The van der Waals surface area contributed by atoms with Crippen LogP contribution in [0.2, 0.25) is 0 Å². The van der Waals surface area contributed by atoms with Gasteiger partial charge < -0.3 is 4.74 Å². The predicted molar refractivity (Wildman–Crippen MR) is 63.2 cm³/mol. The van der Waals surface area contributed by atoms with Crippen molar-refractivity contribution in [2.75, 3.05) is 0 Å². The highest BCUT2D eigenvalue weighted by Crippen LogP contribution is 2.21. The van der Waals surface area contributed by atoms with E-state index < -0.39 is 0 Å². The van der Waals surface area contributed by atoms with Crippen molar-refractivity contribution in [3.05, 3.63) is 52.6 Å². The molecule has 0 aliphatic heterocycles. The molecule has 0 saturated carbocycles. The Morgan fingerprint density at radius 2 is 1.94 bits per heavy atom. The van der Waals surface area contributed by atoms with E-state index in [1.807, 2.05) is 30.3 Å². The van der Waals surface area contributed by atoms with Gasteiger partial charge in [0, 0.05) is 16.7 Å². The lowest BCUT2D eigenvalue weighted by Gasteiger charge is -2.04. The first kappa shape index (κ1) is 10.7. The van der Waals surface area contributed by atoms with Crippen LogP contribution in [0.5, 0.6) is 11.6 Å². The van der Waals surface area contributed by atoms with Crippen LogP contribution in [0.3, 0.4) is 0 Å². The molecule has 16 heavy (non-hydrogen) atoms. The topological polar surface area (TPSA) is 45.9 Å². The van der Waals surface area contributed by atoms with Gasteiger partial charge in [0.25, 0.3) is 0 Å². The Bertz CT molecular complexity index is 531. The minimum atomic E-state index is 0.418. The Labute approximate surface area is 101 Å². The number of hydrogen-bond acceptors (Lipinski definition) is 3. The second kappa shape index (κ2) is 4.77. The predicted octanol–water partition coefficient (Wildman–Crippen LogP) is 3.51. The molecule has 4 heteroatoms. The maximum absolute atomic E-state index is 8.72. The van der Waals surface area contributed by atoms with Gasteiger partial charge in [-0.25, -0.2) is 4.98 Å². The highest BCUT2D eigenvalue weighted by atomic mass is 79.9. The Morgan fingerprint density at radius 3 is 2.62 bits per heavy atom. The number of rotatable bonds is 2. The van der Waals surface area contributed by atoms with E-state index in [9.17, 15) is 0 Å². The molecule has 0 radical (unpaired) electrons. The molecule has 0 bridgehead atoms. The van der Waals surface area contributed by atoms with Crippen LogP contribution in [0.4, 0.5) is 0 Å². The van der Waals surface area contributed by atoms with Crippen molar-refractivity contribution < 1.29 is 4.74 Å². The SMILES string of the molecule is N#Cc1ccnc(Oc2ccc(Br)cc2)c1. The molecular weight excluding hydrogens is 268 g/mol. The van der Waals surface area contributed by atoms with Gasteiger partial charge in [-0.3, -0.25) is 0 Å². The van der Waals surface area contributed by atoms with E-state index in [1.54, 1.807) is 18.3 Å². The van der Waals surface area contributed by atoms with Crippen LogP contribution in [-0.2, 0) is 0 Å². The van der Waals surface area contributed by atoms with Crippen molar-refractivity contribution in [2.45, 2.75) is 0 Å². The van der Waals surface area contributed by atoms with Crippen molar-refractivity contribution in [2.24, 2.45) is 0 Å². The fourth-order valence-corrected chi connectivity index (χ4v) is 1.42. The lowest BCUT2D eigenvalue weighted by molar-refractivity contribution is 0.462. The Kier molecular flexibility index (Phi) is 3.18. The van der Waals surface area contributed by atoms with Gasteiger partial charge >= 0.3 is 0 Å². The molecule has 0 aliphatic rings. The molecule has 0 N–H and O–H groups in total. The molecule has 2 rings (SSSR count). The molecule has 1 aromatic carbocycles. The van der Waals surface area contributed by atoms with Crippen molar-refractivity contribution in [1.29, 1.82) is 5.26 Å². The van der Waals surface area contributed by atoms with Crippen LogP contribution in [0.25, 0.3) is 0 Å². The van der Waals surface area contributed by atoms with Crippen LogP contribution < -0.4 is 4.74 Å². The first-order valence-electron chi connectivity index (χ1n) is 4.57. The summed E-state index contributed by atoms with van der Waals surface area (Å²) in [5.41, 5.74) is 0.530. The van der Waals surface area contributed by atoms with Crippen molar-refractivity contribution in [3.63, 3.8) is 0 Å². The standard InChI is InChI=1S/C12H7BrN2O/c13-10-1-3-11(4-2-10)16-12-7-9(8-14)5-6-15-12/h1-7H. The van der Waals surface area contributed by atoms with Gasteiger partial charge in [0.05, 0.1) is 11.6 Å². The first-order valence-corrected chi connectivity index (χ1v) is 5.37. The van der Waals surface area contributed by atoms with Gasteiger partial charge in [-0.1, -0.05) is 15.9 Å². The number of halogens is 1. The number of ether oxygens (including phenoxy) is 1. The van der Waals surface area contributed by atoms with Gasteiger partial charge in [0.1, 0.15) is 5.75 Å². The van der Waals surface area contributed by atoms with E-state index in [4.69, 9.17) is 10.00 Å². The molecular formula is C12H7BrN2O.